The van der Waals surface area contributed by atoms with E-state index in [9.17, 15) is 29.1 Å². The summed E-state index contributed by atoms with van der Waals surface area (Å²) in [5, 5.41) is 16.5. The van der Waals surface area contributed by atoms with E-state index in [1.54, 1.807) is 13.8 Å². The van der Waals surface area contributed by atoms with Crippen LogP contribution in [0.15, 0.2) is 0 Å². The zero-order chi connectivity index (χ0) is 24.1. The number of carbonyl (C=O) groups excluding carboxylic acids is 4. The third-order valence-corrected chi connectivity index (χ3v) is 4.77. The molecular weight excluding hydrogens is 428 g/mol. The number of thiol groups is 1. The molecule has 0 aliphatic carbocycles. The molecule has 0 radical (unpaired) electrons. The minimum Gasteiger partial charge on any atom is -0.480 e. The molecule has 0 fully saturated rings. The van der Waals surface area contributed by atoms with Crippen LogP contribution in [0.25, 0.3) is 0 Å². The summed E-state index contributed by atoms with van der Waals surface area (Å²) >= 11 is 3.93. The van der Waals surface area contributed by atoms with Gasteiger partial charge in [-0.15, -0.1) is 0 Å². The molecule has 0 rings (SSSR count). The minimum absolute atomic E-state index is 0.0612. The van der Waals surface area contributed by atoms with E-state index in [0.717, 1.165) is 0 Å². The van der Waals surface area contributed by atoms with Gasteiger partial charge in [0.05, 0.1) is 12.5 Å². The van der Waals surface area contributed by atoms with Crippen LogP contribution in [0, 0.1) is 5.92 Å². The summed E-state index contributed by atoms with van der Waals surface area (Å²) < 4.78 is 0. The second-order valence-corrected chi connectivity index (χ2v) is 7.80. The summed E-state index contributed by atoms with van der Waals surface area (Å²) in [5.74, 6) is -4.69. The molecule has 4 atom stereocenters. The fourth-order valence-electron chi connectivity index (χ4n) is 2.57. The lowest BCUT2D eigenvalue weighted by Crippen LogP contribution is -2.59. The summed E-state index contributed by atoms with van der Waals surface area (Å²) in [6, 6.07) is -4.63. The van der Waals surface area contributed by atoms with Crippen molar-refractivity contribution in [1.29, 1.82) is 0 Å². The molecule has 0 aliphatic rings. The van der Waals surface area contributed by atoms with Crippen LogP contribution in [0.4, 0.5) is 0 Å². The number of carbonyl (C=O) groups is 5. The predicted molar refractivity (Wildman–Crippen MR) is 117 cm³/mol. The maximum Gasteiger partial charge on any atom is 0.326 e. The Balaban J connectivity index is 5.36. The first kappa shape index (κ1) is 28.6. The highest BCUT2D eigenvalue weighted by Crippen LogP contribution is 2.06. The molecule has 178 valence electrons. The number of carboxylic acid groups (broad SMARTS) is 1. The predicted octanol–water partition coefficient (Wildman–Crippen LogP) is -2.56. The SMILES string of the molecule is CC(C)C(NC(=O)C(N)CS)C(=O)NC(CC(N)=O)C(=O)NC(CCCCN)C(=O)O. The Hall–Kier alpha value is -2.38. The van der Waals surface area contributed by atoms with Crippen molar-refractivity contribution in [3.05, 3.63) is 0 Å². The molecule has 0 saturated heterocycles. The standard InChI is InChI=1S/C18H34N6O6S/c1-9(2)14(24-15(26)10(20)8-31)17(28)23-12(7-13(21)25)16(27)22-11(18(29)30)5-3-4-6-19/h9-12,14,31H,3-8,19-20H2,1-2H3,(H2,21,25)(H,22,27)(H,23,28)(H,24,26)(H,29,30). The van der Waals surface area contributed by atoms with Crippen molar-refractivity contribution in [3.63, 3.8) is 0 Å². The molecule has 0 spiro atoms. The number of hydrogen-bond acceptors (Lipinski definition) is 8. The van der Waals surface area contributed by atoms with Crippen molar-refractivity contribution in [2.45, 2.75) is 63.7 Å². The third-order valence-electron chi connectivity index (χ3n) is 4.38. The van der Waals surface area contributed by atoms with Gasteiger partial charge in [0.2, 0.25) is 23.6 Å². The van der Waals surface area contributed by atoms with Gasteiger partial charge in [-0.1, -0.05) is 13.8 Å². The number of nitrogens with two attached hydrogens (primary N) is 3. The van der Waals surface area contributed by atoms with Gasteiger partial charge in [0, 0.05) is 5.75 Å². The van der Waals surface area contributed by atoms with Gasteiger partial charge >= 0.3 is 5.97 Å². The molecule has 0 saturated carbocycles. The molecule has 13 heteroatoms. The summed E-state index contributed by atoms with van der Waals surface area (Å²) in [6.07, 6.45) is 0.613. The fraction of sp³-hybridized carbons (Fsp3) is 0.722. The number of hydrogen-bond donors (Lipinski definition) is 8. The monoisotopic (exact) mass is 462 g/mol. The first-order chi connectivity index (χ1) is 14.4. The Morgan fingerprint density at radius 2 is 1.52 bits per heavy atom. The largest absolute Gasteiger partial charge is 0.480 e. The van der Waals surface area contributed by atoms with Crippen molar-refractivity contribution in [2.75, 3.05) is 12.3 Å². The average molecular weight is 463 g/mol. The Morgan fingerprint density at radius 3 is 1.97 bits per heavy atom. The zero-order valence-corrected chi connectivity index (χ0v) is 18.7. The summed E-state index contributed by atoms with van der Waals surface area (Å²) in [4.78, 5) is 60.2. The van der Waals surface area contributed by atoms with Crippen LogP contribution in [-0.2, 0) is 24.0 Å². The molecule has 0 bridgehead atoms. The average Bonchev–Trinajstić information content (AvgIpc) is 2.68. The molecule has 4 unspecified atom stereocenters. The van der Waals surface area contributed by atoms with Gasteiger partial charge in [-0.3, -0.25) is 19.2 Å². The number of aliphatic carboxylic acids is 1. The Labute approximate surface area is 186 Å². The topological polar surface area (TPSA) is 220 Å². The smallest absolute Gasteiger partial charge is 0.326 e. The highest BCUT2D eigenvalue weighted by atomic mass is 32.1. The molecule has 4 amide bonds. The summed E-state index contributed by atoms with van der Waals surface area (Å²) in [7, 11) is 0. The zero-order valence-electron chi connectivity index (χ0n) is 17.8. The molecule has 0 heterocycles. The van der Waals surface area contributed by atoms with Crippen molar-refractivity contribution >= 4 is 42.2 Å². The van der Waals surface area contributed by atoms with E-state index < -0.39 is 60.2 Å². The van der Waals surface area contributed by atoms with Crippen molar-refractivity contribution in [2.24, 2.45) is 23.1 Å². The van der Waals surface area contributed by atoms with Crippen LogP contribution < -0.4 is 33.2 Å². The second kappa shape index (κ2) is 14.6. The van der Waals surface area contributed by atoms with Gasteiger partial charge in [0.15, 0.2) is 0 Å². The number of nitrogens with one attached hydrogen (secondary N) is 3. The molecule has 0 aromatic rings. The first-order valence-corrected chi connectivity index (χ1v) is 10.6. The second-order valence-electron chi connectivity index (χ2n) is 7.43. The van der Waals surface area contributed by atoms with Gasteiger partial charge in [0.25, 0.3) is 0 Å². The van der Waals surface area contributed by atoms with Gasteiger partial charge < -0.3 is 38.3 Å². The lowest BCUT2D eigenvalue weighted by Gasteiger charge is -2.26. The number of rotatable bonds is 15. The maximum atomic E-state index is 12.7. The van der Waals surface area contributed by atoms with E-state index in [0.29, 0.717) is 19.4 Å². The highest BCUT2D eigenvalue weighted by molar-refractivity contribution is 7.80. The molecule has 12 nitrogen and oxygen atoms in total. The quantitative estimate of drug-likeness (QED) is 0.0953. The van der Waals surface area contributed by atoms with Crippen LogP contribution >= 0.6 is 12.6 Å². The lowest BCUT2D eigenvalue weighted by molar-refractivity contribution is -0.142. The van der Waals surface area contributed by atoms with Crippen molar-refractivity contribution in [1.82, 2.24) is 16.0 Å². The van der Waals surface area contributed by atoms with E-state index in [2.05, 4.69) is 28.6 Å². The molecular formula is C18H34N6O6S. The number of amides is 4. The van der Waals surface area contributed by atoms with Crippen molar-refractivity contribution in [3.8, 4) is 0 Å². The Morgan fingerprint density at radius 1 is 0.935 bits per heavy atom. The third kappa shape index (κ3) is 11.0. The summed E-state index contributed by atoms with van der Waals surface area (Å²) in [6.45, 7) is 3.70. The molecule has 0 aliphatic heterocycles. The maximum absolute atomic E-state index is 12.7. The summed E-state index contributed by atoms with van der Waals surface area (Å²) in [5.41, 5.74) is 16.2. The number of primary amides is 1. The van der Waals surface area contributed by atoms with Gasteiger partial charge in [0.1, 0.15) is 18.1 Å². The molecule has 0 aromatic carbocycles. The molecule has 10 N–H and O–H groups in total. The Bertz CT molecular complexity index is 647. The van der Waals surface area contributed by atoms with E-state index in [1.165, 1.54) is 0 Å². The van der Waals surface area contributed by atoms with Crippen LogP contribution in [0.3, 0.4) is 0 Å². The normalized spacial score (nSPS) is 14.8. The molecule has 31 heavy (non-hydrogen) atoms. The fourth-order valence-corrected chi connectivity index (χ4v) is 2.74. The van der Waals surface area contributed by atoms with E-state index >= 15 is 0 Å². The lowest BCUT2D eigenvalue weighted by atomic mass is 10.0. The minimum atomic E-state index is -1.42. The van der Waals surface area contributed by atoms with Gasteiger partial charge in [-0.05, 0) is 31.7 Å². The first-order valence-electron chi connectivity index (χ1n) is 9.93. The van der Waals surface area contributed by atoms with Gasteiger partial charge in [-0.2, -0.15) is 12.6 Å². The van der Waals surface area contributed by atoms with E-state index in [4.69, 9.17) is 17.2 Å². The van der Waals surface area contributed by atoms with Gasteiger partial charge in [-0.25, -0.2) is 4.79 Å². The van der Waals surface area contributed by atoms with E-state index in [-0.39, 0.29) is 18.1 Å². The van der Waals surface area contributed by atoms with E-state index in [1.807, 2.05) is 0 Å². The van der Waals surface area contributed by atoms with Crippen LogP contribution in [0.2, 0.25) is 0 Å². The highest BCUT2D eigenvalue weighted by Gasteiger charge is 2.32. The van der Waals surface area contributed by atoms with Crippen LogP contribution in [0.1, 0.15) is 39.5 Å². The van der Waals surface area contributed by atoms with Crippen LogP contribution in [0.5, 0.6) is 0 Å². The van der Waals surface area contributed by atoms with Crippen LogP contribution in [-0.4, -0.2) is 71.2 Å². The molecule has 0 aromatic heterocycles. The number of unbranched alkanes of at least 4 members (excludes halogenated alkanes) is 1. The number of carboxylic acids is 1. The Kier molecular flexibility index (Phi) is 13.5. The van der Waals surface area contributed by atoms with Crippen molar-refractivity contribution < 1.29 is 29.1 Å².